The van der Waals surface area contributed by atoms with Gasteiger partial charge in [0.15, 0.2) is 11.7 Å². The van der Waals surface area contributed by atoms with E-state index in [9.17, 15) is 22.8 Å². The summed E-state index contributed by atoms with van der Waals surface area (Å²) in [6.45, 7) is 1.74. The molecule has 0 aliphatic heterocycles. The highest BCUT2D eigenvalue weighted by molar-refractivity contribution is 5.83. The fraction of sp³-hybridized carbons (Fsp3) is 0.353. The molecule has 0 saturated carbocycles. The number of rotatable bonds is 7. The van der Waals surface area contributed by atoms with Gasteiger partial charge in [0.25, 0.3) is 0 Å². The van der Waals surface area contributed by atoms with Gasteiger partial charge in [0.05, 0.1) is 12.1 Å². The standard InChI is InChI=1S/C17H17F3N2O4/c1-10-15(11-5-3-2-4-6-11)26-14(21-10)8-7-13(23)22-12(16(24)25)9-17(18,19)20/h2-6,12H,7-9H2,1H3,(H,22,23)(H,24,25). The maximum atomic E-state index is 12.3. The first-order valence-electron chi connectivity index (χ1n) is 7.76. The number of carboxylic acid groups (broad SMARTS) is 1. The molecule has 0 saturated heterocycles. The molecule has 1 aromatic heterocycles. The molecule has 26 heavy (non-hydrogen) atoms. The minimum atomic E-state index is -4.69. The summed E-state index contributed by atoms with van der Waals surface area (Å²) in [6.07, 6.45) is -6.53. The maximum Gasteiger partial charge on any atom is 0.391 e. The lowest BCUT2D eigenvalue weighted by Gasteiger charge is -2.16. The number of aryl methyl sites for hydroxylation is 2. The van der Waals surface area contributed by atoms with Crippen molar-refractivity contribution in [3.05, 3.63) is 41.9 Å². The second-order valence-electron chi connectivity index (χ2n) is 5.67. The van der Waals surface area contributed by atoms with Crippen molar-refractivity contribution < 1.29 is 32.3 Å². The van der Waals surface area contributed by atoms with Crippen molar-refractivity contribution in [2.45, 2.75) is 38.4 Å². The Bertz CT molecular complexity index is 772. The predicted octanol–water partition coefficient (Wildman–Crippen LogP) is 3.10. The van der Waals surface area contributed by atoms with Gasteiger partial charge in [0.2, 0.25) is 5.91 Å². The molecule has 0 spiro atoms. The van der Waals surface area contributed by atoms with Crippen molar-refractivity contribution in [2.75, 3.05) is 0 Å². The zero-order valence-electron chi connectivity index (χ0n) is 13.8. The molecule has 9 heteroatoms. The first kappa shape index (κ1) is 19.5. The van der Waals surface area contributed by atoms with E-state index < -0.39 is 30.5 Å². The number of hydrogen-bond acceptors (Lipinski definition) is 4. The van der Waals surface area contributed by atoms with Crippen molar-refractivity contribution in [2.24, 2.45) is 0 Å². The van der Waals surface area contributed by atoms with E-state index in [2.05, 4.69) is 4.98 Å². The number of carboxylic acids is 1. The third kappa shape index (κ3) is 5.61. The topological polar surface area (TPSA) is 92.4 Å². The quantitative estimate of drug-likeness (QED) is 0.781. The second-order valence-corrected chi connectivity index (χ2v) is 5.67. The van der Waals surface area contributed by atoms with Gasteiger partial charge >= 0.3 is 12.1 Å². The number of halogens is 3. The number of nitrogens with zero attached hydrogens (tertiary/aromatic N) is 1. The number of hydrogen-bond donors (Lipinski definition) is 2. The molecule has 0 aliphatic carbocycles. The smallest absolute Gasteiger partial charge is 0.391 e. The van der Waals surface area contributed by atoms with E-state index >= 15 is 0 Å². The Hall–Kier alpha value is -2.84. The summed E-state index contributed by atoms with van der Waals surface area (Å²) in [7, 11) is 0. The van der Waals surface area contributed by atoms with Crippen molar-refractivity contribution in [3.8, 4) is 11.3 Å². The molecular formula is C17H17F3N2O4. The van der Waals surface area contributed by atoms with E-state index in [0.717, 1.165) is 5.56 Å². The van der Waals surface area contributed by atoms with Gasteiger partial charge in [0, 0.05) is 18.4 Å². The fourth-order valence-electron chi connectivity index (χ4n) is 2.34. The zero-order valence-corrected chi connectivity index (χ0v) is 13.8. The number of carbonyl (C=O) groups excluding carboxylic acids is 1. The minimum absolute atomic E-state index is 0.0395. The van der Waals surface area contributed by atoms with E-state index in [1.165, 1.54) is 0 Å². The molecular weight excluding hydrogens is 353 g/mol. The molecule has 0 fully saturated rings. The van der Waals surface area contributed by atoms with Crippen LogP contribution in [0.5, 0.6) is 0 Å². The van der Waals surface area contributed by atoms with Crippen LogP contribution in [-0.2, 0) is 16.0 Å². The number of amides is 1. The van der Waals surface area contributed by atoms with Crippen LogP contribution in [0.1, 0.15) is 24.4 Å². The van der Waals surface area contributed by atoms with Gasteiger partial charge in [-0.15, -0.1) is 0 Å². The van der Waals surface area contributed by atoms with Crippen LogP contribution in [0, 0.1) is 6.92 Å². The molecule has 140 valence electrons. The van der Waals surface area contributed by atoms with Crippen LogP contribution in [0.2, 0.25) is 0 Å². The molecule has 2 aromatic rings. The van der Waals surface area contributed by atoms with Gasteiger partial charge in [-0.25, -0.2) is 9.78 Å². The Morgan fingerprint density at radius 2 is 1.92 bits per heavy atom. The third-order valence-corrected chi connectivity index (χ3v) is 3.51. The zero-order chi connectivity index (χ0) is 19.3. The van der Waals surface area contributed by atoms with Crippen LogP contribution in [0.3, 0.4) is 0 Å². The van der Waals surface area contributed by atoms with Crippen LogP contribution in [0.15, 0.2) is 34.7 Å². The van der Waals surface area contributed by atoms with Crippen LogP contribution < -0.4 is 5.32 Å². The molecule has 0 radical (unpaired) electrons. The molecule has 0 aliphatic rings. The molecule has 0 bridgehead atoms. The Kier molecular flexibility index (Phi) is 6.01. The van der Waals surface area contributed by atoms with Crippen molar-refractivity contribution in [1.29, 1.82) is 0 Å². The number of aromatic nitrogens is 1. The lowest BCUT2D eigenvalue weighted by Crippen LogP contribution is -2.43. The van der Waals surface area contributed by atoms with Crippen LogP contribution in [0.4, 0.5) is 13.2 Å². The molecule has 2 N–H and O–H groups in total. The van der Waals surface area contributed by atoms with Gasteiger partial charge in [-0.3, -0.25) is 4.79 Å². The molecule has 1 atom stereocenters. The van der Waals surface area contributed by atoms with Gasteiger partial charge in [0.1, 0.15) is 6.04 Å². The predicted molar refractivity (Wildman–Crippen MR) is 85.2 cm³/mol. The monoisotopic (exact) mass is 370 g/mol. The van der Waals surface area contributed by atoms with Crippen molar-refractivity contribution in [3.63, 3.8) is 0 Å². The average molecular weight is 370 g/mol. The van der Waals surface area contributed by atoms with Gasteiger partial charge in [-0.2, -0.15) is 13.2 Å². The summed E-state index contributed by atoms with van der Waals surface area (Å²) in [5, 5.41) is 10.7. The van der Waals surface area contributed by atoms with Crippen LogP contribution in [-0.4, -0.2) is 34.2 Å². The van der Waals surface area contributed by atoms with Crippen molar-refractivity contribution in [1.82, 2.24) is 10.3 Å². The molecule has 2 rings (SSSR count). The number of benzene rings is 1. The summed E-state index contributed by atoms with van der Waals surface area (Å²) >= 11 is 0. The maximum absolute atomic E-state index is 12.3. The highest BCUT2D eigenvalue weighted by Crippen LogP contribution is 2.25. The summed E-state index contributed by atoms with van der Waals surface area (Å²) < 4.78 is 42.6. The first-order chi connectivity index (χ1) is 12.2. The SMILES string of the molecule is Cc1nc(CCC(=O)NC(CC(F)(F)F)C(=O)O)oc1-c1ccccc1. The molecule has 1 amide bonds. The minimum Gasteiger partial charge on any atom is -0.480 e. The van der Waals surface area contributed by atoms with E-state index in [1.807, 2.05) is 35.6 Å². The van der Waals surface area contributed by atoms with Crippen LogP contribution in [0.25, 0.3) is 11.3 Å². The summed E-state index contributed by atoms with van der Waals surface area (Å²) in [5.41, 5.74) is 1.43. The highest BCUT2D eigenvalue weighted by atomic mass is 19.4. The summed E-state index contributed by atoms with van der Waals surface area (Å²) in [5.74, 6) is -1.77. The van der Waals surface area contributed by atoms with E-state index in [-0.39, 0.29) is 18.7 Å². The summed E-state index contributed by atoms with van der Waals surface area (Å²) in [4.78, 5) is 26.8. The molecule has 1 aromatic carbocycles. The number of aliphatic carboxylic acids is 1. The van der Waals surface area contributed by atoms with Crippen LogP contribution >= 0.6 is 0 Å². The molecule has 6 nitrogen and oxygen atoms in total. The van der Waals surface area contributed by atoms with E-state index in [0.29, 0.717) is 11.5 Å². The highest BCUT2D eigenvalue weighted by Gasteiger charge is 2.36. The van der Waals surface area contributed by atoms with E-state index in [1.54, 1.807) is 6.92 Å². The van der Waals surface area contributed by atoms with Gasteiger partial charge in [-0.1, -0.05) is 30.3 Å². The molecule has 1 heterocycles. The number of carbonyl (C=O) groups is 2. The fourth-order valence-corrected chi connectivity index (χ4v) is 2.34. The number of oxazole rings is 1. The lowest BCUT2D eigenvalue weighted by molar-refractivity contribution is -0.160. The third-order valence-electron chi connectivity index (χ3n) is 3.51. The van der Waals surface area contributed by atoms with E-state index in [4.69, 9.17) is 9.52 Å². The van der Waals surface area contributed by atoms with Gasteiger partial charge < -0.3 is 14.8 Å². The number of nitrogens with one attached hydrogen (secondary N) is 1. The second kappa shape index (κ2) is 8.03. The normalized spacial score (nSPS) is 12.6. The molecule has 1 unspecified atom stereocenters. The Labute approximate surface area is 147 Å². The Balaban J connectivity index is 1.96. The lowest BCUT2D eigenvalue weighted by atomic mass is 10.1. The first-order valence-corrected chi connectivity index (χ1v) is 7.76. The Morgan fingerprint density at radius 1 is 1.27 bits per heavy atom. The largest absolute Gasteiger partial charge is 0.480 e. The van der Waals surface area contributed by atoms with Crippen molar-refractivity contribution >= 4 is 11.9 Å². The average Bonchev–Trinajstić information content (AvgIpc) is 2.93. The Morgan fingerprint density at radius 3 is 2.50 bits per heavy atom. The number of alkyl halides is 3. The van der Waals surface area contributed by atoms with Gasteiger partial charge in [-0.05, 0) is 6.92 Å². The summed E-state index contributed by atoms with van der Waals surface area (Å²) in [6, 6.07) is 7.15.